The van der Waals surface area contributed by atoms with Crippen LogP contribution in [0.25, 0.3) is 0 Å². The van der Waals surface area contributed by atoms with Gasteiger partial charge >= 0.3 is 0 Å². The highest BCUT2D eigenvalue weighted by Gasteiger charge is 2.23. The van der Waals surface area contributed by atoms with Crippen molar-refractivity contribution < 1.29 is 9.59 Å². The molecule has 0 saturated heterocycles. The second-order valence-electron chi connectivity index (χ2n) is 6.79. The van der Waals surface area contributed by atoms with Gasteiger partial charge in [0, 0.05) is 28.3 Å². The molecular weight excluding hydrogens is 466 g/mol. The van der Waals surface area contributed by atoms with Crippen LogP contribution in [-0.2, 0) is 16.1 Å². The third-order valence-electron chi connectivity index (χ3n) is 4.51. The summed E-state index contributed by atoms with van der Waals surface area (Å²) in [7, 11) is 0. The summed E-state index contributed by atoms with van der Waals surface area (Å²) < 4.78 is 0.925. The zero-order chi connectivity index (χ0) is 21.5. The van der Waals surface area contributed by atoms with Crippen molar-refractivity contribution in [1.82, 2.24) is 10.3 Å². The number of pyridine rings is 1. The van der Waals surface area contributed by atoms with E-state index in [0.717, 1.165) is 21.4 Å². The fourth-order valence-corrected chi connectivity index (χ4v) is 3.47. The van der Waals surface area contributed by atoms with Gasteiger partial charge in [0.25, 0.3) is 0 Å². The van der Waals surface area contributed by atoms with Crippen molar-refractivity contribution in [3.8, 4) is 0 Å². The van der Waals surface area contributed by atoms with E-state index in [1.807, 2.05) is 54.6 Å². The monoisotopic (exact) mass is 485 g/mol. The molecule has 1 unspecified atom stereocenters. The first-order valence-corrected chi connectivity index (χ1v) is 10.6. The van der Waals surface area contributed by atoms with Crippen LogP contribution in [0.2, 0.25) is 5.02 Å². The van der Waals surface area contributed by atoms with Gasteiger partial charge in [-0.05, 0) is 54.1 Å². The maximum absolute atomic E-state index is 13.4. The summed E-state index contributed by atoms with van der Waals surface area (Å²) in [6, 6.07) is 19.8. The van der Waals surface area contributed by atoms with Gasteiger partial charge in [0.05, 0.1) is 24.7 Å². The van der Waals surface area contributed by atoms with Gasteiger partial charge in [-0.1, -0.05) is 45.7 Å². The molecule has 2 amide bonds. The second-order valence-corrected chi connectivity index (χ2v) is 8.14. The lowest BCUT2D eigenvalue weighted by Crippen LogP contribution is -2.36. The van der Waals surface area contributed by atoms with Crippen LogP contribution in [0.15, 0.2) is 77.4 Å². The summed E-state index contributed by atoms with van der Waals surface area (Å²) in [5.41, 5.74) is 2.35. The molecular formula is C23H21BrClN3O2. The molecule has 0 spiro atoms. The molecule has 3 aromatic rings. The van der Waals surface area contributed by atoms with Crippen molar-refractivity contribution in [2.45, 2.75) is 25.9 Å². The van der Waals surface area contributed by atoms with Crippen molar-refractivity contribution in [3.63, 3.8) is 0 Å². The minimum atomic E-state index is -0.464. The normalized spacial score (nSPS) is 11.6. The van der Waals surface area contributed by atoms with Gasteiger partial charge in [-0.3, -0.25) is 14.6 Å². The van der Waals surface area contributed by atoms with Crippen LogP contribution in [0.1, 0.15) is 30.6 Å². The zero-order valence-electron chi connectivity index (χ0n) is 16.4. The van der Waals surface area contributed by atoms with Crippen molar-refractivity contribution in [2.75, 3.05) is 4.90 Å². The topological polar surface area (TPSA) is 62.3 Å². The van der Waals surface area contributed by atoms with Gasteiger partial charge in [-0.2, -0.15) is 0 Å². The summed E-state index contributed by atoms with van der Waals surface area (Å²) >= 11 is 9.42. The van der Waals surface area contributed by atoms with E-state index in [9.17, 15) is 9.59 Å². The average Bonchev–Trinajstić information content (AvgIpc) is 2.73. The molecule has 154 valence electrons. The van der Waals surface area contributed by atoms with E-state index < -0.39 is 6.04 Å². The molecule has 1 N–H and O–H groups in total. The fourth-order valence-electron chi connectivity index (χ4n) is 3.08. The van der Waals surface area contributed by atoms with E-state index in [-0.39, 0.29) is 18.2 Å². The number of aromatic nitrogens is 1. The second kappa shape index (κ2) is 10.4. The van der Waals surface area contributed by atoms with Gasteiger partial charge < -0.3 is 10.2 Å². The first-order valence-electron chi connectivity index (χ1n) is 9.41. The molecule has 1 aromatic heterocycles. The molecule has 0 saturated carbocycles. The Labute approximate surface area is 189 Å². The van der Waals surface area contributed by atoms with E-state index in [1.54, 1.807) is 23.2 Å². The summed E-state index contributed by atoms with van der Waals surface area (Å²) in [6.07, 6.45) is 1.80. The van der Waals surface area contributed by atoms with Crippen molar-refractivity contribution in [1.29, 1.82) is 0 Å². The number of benzene rings is 2. The highest BCUT2D eigenvalue weighted by Crippen LogP contribution is 2.25. The Kier molecular flexibility index (Phi) is 7.60. The molecule has 3 rings (SSSR count). The number of carbonyl (C=O) groups excluding carboxylic acids is 2. The first kappa shape index (κ1) is 22.0. The molecule has 1 atom stereocenters. The number of amides is 2. The first-order chi connectivity index (χ1) is 14.4. The van der Waals surface area contributed by atoms with Crippen LogP contribution < -0.4 is 10.2 Å². The van der Waals surface area contributed by atoms with Crippen LogP contribution in [0, 0.1) is 0 Å². The summed E-state index contributed by atoms with van der Waals surface area (Å²) in [4.78, 5) is 31.2. The molecule has 30 heavy (non-hydrogen) atoms. The number of nitrogens with one attached hydrogen (secondary N) is 1. The number of carbonyl (C=O) groups is 2. The fraction of sp³-hybridized carbons (Fsp3) is 0.174. The molecule has 0 aliphatic carbocycles. The Hall–Kier alpha value is -2.70. The molecule has 0 aliphatic heterocycles. The van der Waals surface area contributed by atoms with Crippen molar-refractivity contribution in [2.24, 2.45) is 0 Å². The summed E-state index contributed by atoms with van der Waals surface area (Å²) in [5, 5.41) is 3.47. The smallest absolute Gasteiger partial charge is 0.229 e. The van der Waals surface area contributed by atoms with Gasteiger partial charge in [0.15, 0.2) is 0 Å². The number of hydrogen-bond acceptors (Lipinski definition) is 3. The standard InChI is InChI=1S/C23H21BrClN3O2/c1-16(29)27-22(17-5-9-19(25)10-6-17)14-23(30)28(15-20-4-2-3-13-26-20)21-11-7-18(24)8-12-21/h2-13,22H,14-15H2,1H3,(H,27,29). The van der Waals surface area contributed by atoms with E-state index in [1.165, 1.54) is 6.92 Å². The maximum atomic E-state index is 13.4. The number of anilines is 1. The third kappa shape index (κ3) is 6.15. The SMILES string of the molecule is CC(=O)NC(CC(=O)N(Cc1ccccn1)c1ccc(Br)cc1)c1ccc(Cl)cc1. The van der Waals surface area contributed by atoms with Crippen molar-refractivity contribution >= 4 is 45.0 Å². The average molecular weight is 487 g/mol. The van der Waals surface area contributed by atoms with E-state index >= 15 is 0 Å². The Bertz CT molecular complexity index is 995. The highest BCUT2D eigenvalue weighted by atomic mass is 79.9. The lowest BCUT2D eigenvalue weighted by molar-refractivity contribution is -0.121. The number of hydrogen-bond donors (Lipinski definition) is 1. The predicted molar refractivity (Wildman–Crippen MR) is 122 cm³/mol. The van der Waals surface area contributed by atoms with Gasteiger partial charge in [0.2, 0.25) is 11.8 Å². The Morgan fingerprint density at radius 1 is 1.07 bits per heavy atom. The van der Waals surface area contributed by atoms with Crippen molar-refractivity contribution in [3.05, 3.63) is 93.7 Å². The molecule has 2 aromatic carbocycles. The van der Waals surface area contributed by atoms with Crippen LogP contribution in [0.5, 0.6) is 0 Å². The van der Waals surface area contributed by atoms with E-state index in [2.05, 4.69) is 26.2 Å². The Morgan fingerprint density at radius 3 is 2.37 bits per heavy atom. The van der Waals surface area contributed by atoms with E-state index in [4.69, 9.17) is 11.6 Å². The molecule has 0 radical (unpaired) electrons. The van der Waals surface area contributed by atoms with E-state index in [0.29, 0.717) is 11.6 Å². The Morgan fingerprint density at radius 2 is 1.77 bits per heavy atom. The molecule has 0 fully saturated rings. The highest BCUT2D eigenvalue weighted by molar-refractivity contribution is 9.10. The van der Waals surface area contributed by atoms with Gasteiger partial charge in [-0.15, -0.1) is 0 Å². The molecule has 0 aliphatic rings. The largest absolute Gasteiger partial charge is 0.349 e. The lowest BCUT2D eigenvalue weighted by atomic mass is 10.0. The van der Waals surface area contributed by atoms with Crippen LogP contribution in [0.3, 0.4) is 0 Å². The van der Waals surface area contributed by atoms with Crippen LogP contribution in [0.4, 0.5) is 5.69 Å². The lowest BCUT2D eigenvalue weighted by Gasteiger charge is -2.26. The zero-order valence-corrected chi connectivity index (χ0v) is 18.7. The maximum Gasteiger partial charge on any atom is 0.229 e. The van der Waals surface area contributed by atoms with Gasteiger partial charge in [0.1, 0.15) is 0 Å². The minimum absolute atomic E-state index is 0.101. The van der Waals surface area contributed by atoms with Gasteiger partial charge in [-0.25, -0.2) is 0 Å². The molecule has 7 heteroatoms. The Balaban J connectivity index is 1.88. The number of halogens is 2. The quantitative estimate of drug-likeness (QED) is 0.493. The molecule has 5 nitrogen and oxygen atoms in total. The van der Waals surface area contributed by atoms with Crippen LogP contribution >= 0.6 is 27.5 Å². The molecule has 1 heterocycles. The minimum Gasteiger partial charge on any atom is -0.349 e. The summed E-state index contributed by atoms with van der Waals surface area (Å²) in [6.45, 7) is 1.77. The number of rotatable bonds is 7. The third-order valence-corrected chi connectivity index (χ3v) is 5.29. The van der Waals surface area contributed by atoms with Crippen LogP contribution in [-0.4, -0.2) is 16.8 Å². The summed E-state index contributed by atoms with van der Waals surface area (Å²) in [5.74, 6) is -0.334. The predicted octanol–water partition coefficient (Wildman–Crippen LogP) is 5.30. The number of nitrogens with zero attached hydrogens (tertiary/aromatic N) is 2. The molecule has 0 bridgehead atoms.